The quantitative estimate of drug-likeness (QED) is 0.310. The van der Waals surface area contributed by atoms with Crippen molar-refractivity contribution in [2.24, 2.45) is 0 Å². The van der Waals surface area contributed by atoms with Gasteiger partial charge in [-0.15, -0.1) is 0 Å². The van der Waals surface area contributed by atoms with E-state index in [1.807, 2.05) is 12.1 Å². The zero-order valence-corrected chi connectivity index (χ0v) is 18.8. The standard InChI is InChI=1S/C28H20O2S2/c29-15-17-9-11-25-21(13-17)27(19-5-1-3-7-23(19)31-25)28-20-6-2-4-8-24(20)32-26-12-10-18(16-30)14-22(26)28/h1-14,29-30H,15-16H2/b28-27-. The first-order valence-corrected chi connectivity index (χ1v) is 12.2. The molecule has 32 heavy (non-hydrogen) atoms. The summed E-state index contributed by atoms with van der Waals surface area (Å²) in [5.41, 5.74) is 8.90. The van der Waals surface area contributed by atoms with Crippen molar-refractivity contribution in [2.45, 2.75) is 32.8 Å². The van der Waals surface area contributed by atoms with Crippen LogP contribution in [0.4, 0.5) is 0 Å². The van der Waals surface area contributed by atoms with Crippen molar-refractivity contribution in [1.29, 1.82) is 0 Å². The first-order valence-electron chi connectivity index (χ1n) is 10.5. The third-order valence-electron chi connectivity index (χ3n) is 5.99. The molecule has 0 radical (unpaired) electrons. The summed E-state index contributed by atoms with van der Waals surface area (Å²) in [6.07, 6.45) is 0. The number of aliphatic hydroxyl groups is 2. The number of hydrogen-bond donors (Lipinski definition) is 2. The van der Waals surface area contributed by atoms with E-state index in [0.29, 0.717) is 0 Å². The van der Waals surface area contributed by atoms with E-state index in [4.69, 9.17) is 0 Å². The third kappa shape index (κ3) is 3.14. The molecular weight excluding hydrogens is 432 g/mol. The lowest BCUT2D eigenvalue weighted by Gasteiger charge is -2.30. The van der Waals surface area contributed by atoms with Gasteiger partial charge in [0.05, 0.1) is 13.2 Å². The van der Waals surface area contributed by atoms with Crippen LogP contribution in [-0.2, 0) is 13.2 Å². The Kier molecular flexibility index (Phi) is 4.96. The number of hydrogen-bond acceptors (Lipinski definition) is 4. The monoisotopic (exact) mass is 452 g/mol. The summed E-state index contributed by atoms with van der Waals surface area (Å²) in [4.78, 5) is 4.85. The van der Waals surface area contributed by atoms with Crippen LogP contribution in [0.25, 0.3) is 11.1 Å². The molecule has 0 saturated heterocycles. The van der Waals surface area contributed by atoms with Gasteiger partial charge in [-0.3, -0.25) is 0 Å². The summed E-state index contributed by atoms with van der Waals surface area (Å²) >= 11 is 3.56. The Hall–Kier alpha value is -2.76. The molecule has 0 unspecified atom stereocenters. The van der Waals surface area contributed by atoms with Crippen LogP contribution in [0.1, 0.15) is 33.4 Å². The average molecular weight is 453 g/mol. The zero-order valence-electron chi connectivity index (χ0n) is 17.2. The van der Waals surface area contributed by atoms with E-state index >= 15 is 0 Å². The Balaban J connectivity index is 1.78. The van der Waals surface area contributed by atoms with E-state index in [0.717, 1.165) is 22.3 Å². The van der Waals surface area contributed by atoms with Gasteiger partial charge in [0, 0.05) is 19.6 Å². The first-order chi connectivity index (χ1) is 15.8. The van der Waals surface area contributed by atoms with E-state index in [1.54, 1.807) is 23.5 Å². The Morgan fingerprint density at radius 3 is 1.31 bits per heavy atom. The average Bonchev–Trinajstić information content (AvgIpc) is 2.85. The Bertz CT molecular complexity index is 1300. The molecule has 6 rings (SSSR count). The maximum absolute atomic E-state index is 9.86. The largest absolute Gasteiger partial charge is 0.392 e. The van der Waals surface area contributed by atoms with E-state index in [1.165, 1.54) is 41.9 Å². The van der Waals surface area contributed by atoms with Gasteiger partial charge in [-0.05, 0) is 80.9 Å². The van der Waals surface area contributed by atoms with E-state index in [-0.39, 0.29) is 13.2 Å². The maximum atomic E-state index is 9.86. The predicted octanol–water partition coefficient (Wildman–Crippen LogP) is 6.61. The molecule has 2 aliphatic rings. The topological polar surface area (TPSA) is 40.5 Å². The second-order valence-corrected chi connectivity index (χ2v) is 10.1. The maximum Gasteiger partial charge on any atom is 0.0682 e. The minimum Gasteiger partial charge on any atom is -0.392 e. The molecule has 2 heterocycles. The molecule has 4 aromatic rings. The van der Waals surface area contributed by atoms with Gasteiger partial charge in [-0.1, -0.05) is 72.1 Å². The number of aliphatic hydroxyl groups excluding tert-OH is 2. The fourth-order valence-electron chi connectivity index (χ4n) is 4.51. The van der Waals surface area contributed by atoms with Crippen LogP contribution in [0.15, 0.2) is 105 Å². The second kappa shape index (κ2) is 7.98. The van der Waals surface area contributed by atoms with Crippen LogP contribution in [0.5, 0.6) is 0 Å². The molecule has 0 atom stereocenters. The highest BCUT2D eigenvalue weighted by Crippen LogP contribution is 2.54. The Morgan fingerprint density at radius 2 is 0.875 bits per heavy atom. The molecule has 0 aliphatic carbocycles. The molecule has 0 spiro atoms. The molecule has 2 aliphatic heterocycles. The van der Waals surface area contributed by atoms with Gasteiger partial charge >= 0.3 is 0 Å². The predicted molar refractivity (Wildman–Crippen MR) is 131 cm³/mol. The molecule has 4 aromatic carbocycles. The van der Waals surface area contributed by atoms with E-state index in [2.05, 4.69) is 72.8 Å². The Morgan fingerprint density at radius 1 is 0.469 bits per heavy atom. The molecule has 0 saturated carbocycles. The van der Waals surface area contributed by atoms with Gasteiger partial charge in [0.2, 0.25) is 0 Å². The van der Waals surface area contributed by atoms with Crippen LogP contribution >= 0.6 is 23.5 Å². The van der Waals surface area contributed by atoms with Gasteiger partial charge in [0.1, 0.15) is 0 Å². The SMILES string of the molecule is OCc1ccc2c(c1)/C(=C1/c3ccccc3Sc3ccc(CO)cc31)c1ccccc1S2. The number of rotatable bonds is 2. The van der Waals surface area contributed by atoms with E-state index < -0.39 is 0 Å². The van der Waals surface area contributed by atoms with Crippen LogP contribution in [0, 0.1) is 0 Å². The molecule has 2 N–H and O–H groups in total. The van der Waals surface area contributed by atoms with Gasteiger partial charge in [0.15, 0.2) is 0 Å². The molecular formula is C28H20O2S2. The molecule has 2 nitrogen and oxygen atoms in total. The van der Waals surface area contributed by atoms with Crippen molar-refractivity contribution in [1.82, 2.24) is 0 Å². The Labute approximate surface area is 195 Å². The van der Waals surface area contributed by atoms with Crippen molar-refractivity contribution in [3.05, 3.63) is 118 Å². The molecule has 156 valence electrons. The molecule has 0 amide bonds. The summed E-state index contributed by atoms with van der Waals surface area (Å²) in [6, 6.07) is 29.6. The minimum absolute atomic E-state index is 0.0138. The molecule has 0 bridgehead atoms. The number of fused-ring (bicyclic) bond motifs is 4. The first kappa shape index (κ1) is 19.9. The lowest BCUT2D eigenvalue weighted by molar-refractivity contribution is 0.281. The lowest BCUT2D eigenvalue weighted by Crippen LogP contribution is -2.08. The summed E-state index contributed by atoms with van der Waals surface area (Å²) in [6.45, 7) is 0.0276. The van der Waals surface area contributed by atoms with Crippen molar-refractivity contribution >= 4 is 34.7 Å². The fraction of sp³-hybridized carbons (Fsp3) is 0.0714. The fourth-order valence-corrected chi connectivity index (χ4v) is 6.65. The van der Waals surface area contributed by atoms with Gasteiger partial charge < -0.3 is 10.2 Å². The van der Waals surface area contributed by atoms with E-state index in [9.17, 15) is 10.2 Å². The van der Waals surface area contributed by atoms with Crippen LogP contribution in [0.3, 0.4) is 0 Å². The van der Waals surface area contributed by atoms with Gasteiger partial charge in [-0.25, -0.2) is 0 Å². The van der Waals surface area contributed by atoms with Gasteiger partial charge in [-0.2, -0.15) is 0 Å². The lowest BCUT2D eigenvalue weighted by atomic mass is 9.84. The van der Waals surface area contributed by atoms with Crippen LogP contribution in [0.2, 0.25) is 0 Å². The van der Waals surface area contributed by atoms with Crippen molar-refractivity contribution < 1.29 is 10.2 Å². The number of benzene rings is 4. The third-order valence-corrected chi connectivity index (χ3v) is 8.30. The summed E-state index contributed by atoms with van der Waals surface area (Å²) < 4.78 is 0. The second-order valence-electron chi connectivity index (χ2n) is 7.92. The summed E-state index contributed by atoms with van der Waals surface area (Å²) in [7, 11) is 0. The summed E-state index contributed by atoms with van der Waals surface area (Å²) in [5, 5.41) is 19.7. The smallest absolute Gasteiger partial charge is 0.0682 e. The molecule has 4 heteroatoms. The van der Waals surface area contributed by atoms with Gasteiger partial charge in [0.25, 0.3) is 0 Å². The highest BCUT2D eigenvalue weighted by Gasteiger charge is 2.30. The highest BCUT2D eigenvalue weighted by atomic mass is 32.2. The normalized spacial score (nSPS) is 16.1. The van der Waals surface area contributed by atoms with Crippen LogP contribution in [-0.4, -0.2) is 10.2 Å². The molecule has 0 fully saturated rings. The molecule has 0 aromatic heterocycles. The van der Waals surface area contributed by atoms with Crippen molar-refractivity contribution in [3.63, 3.8) is 0 Å². The van der Waals surface area contributed by atoms with Crippen molar-refractivity contribution in [3.8, 4) is 0 Å². The highest BCUT2D eigenvalue weighted by molar-refractivity contribution is 8.00. The minimum atomic E-state index is 0.0138. The zero-order chi connectivity index (χ0) is 21.7. The van der Waals surface area contributed by atoms with Crippen molar-refractivity contribution in [2.75, 3.05) is 0 Å². The van der Waals surface area contributed by atoms with Crippen LogP contribution < -0.4 is 0 Å². The summed E-state index contributed by atoms with van der Waals surface area (Å²) in [5.74, 6) is 0.